The van der Waals surface area contributed by atoms with Crippen molar-refractivity contribution in [3.05, 3.63) is 58.5 Å². The molecule has 2 aromatic rings. The van der Waals surface area contributed by atoms with Gasteiger partial charge < -0.3 is 4.57 Å². The number of hydrogen-bond acceptors (Lipinski definition) is 7. The zero-order valence-corrected chi connectivity index (χ0v) is 19.6. The standard InChI is InChI=1S/C21H25N5O5S2/c22-15-18-5-1-2-6-20(18)33(30,31)26-13-11-23(12-14-26)17-24-16-19(7-8-21(24)27)32(28,29)25-9-3-4-10-25/h1-2,5-8,16H,3-4,9-14,17H2. The number of nitrogens with zero attached hydrogens (tertiary/aromatic N) is 5. The predicted molar refractivity (Wildman–Crippen MR) is 120 cm³/mol. The molecule has 0 atom stereocenters. The second-order valence-electron chi connectivity index (χ2n) is 8.06. The van der Waals surface area contributed by atoms with Crippen LogP contribution >= 0.6 is 0 Å². The van der Waals surface area contributed by atoms with E-state index >= 15 is 0 Å². The SMILES string of the molecule is N#Cc1ccccc1S(=O)(=O)N1CCN(Cn2cc(S(=O)(=O)N3CCCC3)ccc2=O)CC1. The smallest absolute Gasteiger partial charge is 0.251 e. The number of piperazine rings is 1. The molecule has 2 aliphatic heterocycles. The van der Waals surface area contributed by atoms with E-state index in [0.29, 0.717) is 26.2 Å². The third-order valence-electron chi connectivity index (χ3n) is 5.97. The summed E-state index contributed by atoms with van der Waals surface area (Å²) in [5.41, 5.74) is -0.226. The maximum Gasteiger partial charge on any atom is 0.251 e. The number of rotatable bonds is 6. The van der Waals surface area contributed by atoms with Crippen molar-refractivity contribution in [2.75, 3.05) is 39.3 Å². The highest BCUT2D eigenvalue weighted by Crippen LogP contribution is 2.22. The van der Waals surface area contributed by atoms with E-state index in [-0.39, 0.29) is 40.7 Å². The lowest BCUT2D eigenvalue weighted by molar-refractivity contribution is 0.150. The minimum Gasteiger partial charge on any atom is -0.301 e. The highest BCUT2D eigenvalue weighted by atomic mass is 32.2. The molecule has 0 unspecified atom stereocenters. The average molecular weight is 492 g/mol. The molecule has 33 heavy (non-hydrogen) atoms. The number of nitriles is 1. The molecule has 176 valence electrons. The van der Waals surface area contributed by atoms with E-state index in [9.17, 15) is 26.9 Å². The van der Waals surface area contributed by atoms with Gasteiger partial charge in [0.1, 0.15) is 6.07 Å². The Balaban J connectivity index is 1.46. The largest absolute Gasteiger partial charge is 0.301 e. The summed E-state index contributed by atoms with van der Waals surface area (Å²) in [5, 5.41) is 9.24. The molecule has 1 aromatic heterocycles. The van der Waals surface area contributed by atoms with Gasteiger partial charge >= 0.3 is 0 Å². The van der Waals surface area contributed by atoms with E-state index in [0.717, 1.165) is 12.8 Å². The number of benzene rings is 1. The summed E-state index contributed by atoms with van der Waals surface area (Å²) in [4.78, 5) is 14.3. The summed E-state index contributed by atoms with van der Waals surface area (Å²) in [6.07, 6.45) is 3.01. The average Bonchev–Trinajstić information content (AvgIpc) is 3.37. The van der Waals surface area contributed by atoms with Crippen LogP contribution < -0.4 is 5.56 Å². The fourth-order valence-corrected chi connectivity index (χ4v) is 7.20. The van der Waals surface area contributed by atoms with Gasteiger partial charge in [0.05, 0.1) is 22.0 Å². The van der Waals surface area contributed by atoms with E-state index in [2.05, 4.69) is 0 Å². The molecule has 0 saturated carbocycles. The molecule has 0 aliphatic carbocycles. The molecule has 1 aromatic carbocycles. The normalized spacial score (nSPS) is 18.9. The first-order chi connectivity index (χ1) is 15.7. The van der Waals surface area contributed by atoms with Gasteiger partial charge in [-0.3, -0.25) is 9.69 Å². The van der Waals surface area contributed by atoms with Gasteiger partial charge in [0.25, 0.3) is 5.56 Å². The van der Waals surface area contributed by atoms with Gasteiger partial charge in [-0.2, -0.15) is 13.9 Å². The third-order valence-corrected chi connectivity index (χ3v) is 9.81. The number of aromatic nitrogens is 1. The zero-order valence-electron chi connectivity index (χ0n) is 18.0. The van der Waals surface area contributed by atoms with Gasteiger partial charge in [-0.05, 0) is 31.0 Å². The minimum atomic E-state index is -3.81. The molecular formula is C21H25N5O5S2. The van der Waals surface area contributed by atoms with Gasteiger partial charge in [0.2, 0.25) is 20.0 Å². The van der Waals surface area contributed by atoms with Crippen molar-refractivity contribution in [1.82, 2.24) is 18.1 Å². The lowest BCUT2D eigenvalue weighted by atomic mass is 10.2. The van der Waals surface area contributed by atoms with Crippen molar-refractivity contribution in [2.45, 2.75) is 29.3 Å². The van der Waals surface area contributed by atoms with Gasteiger partial charge in [0.15, 0.2) is 0 Å². The van der Waals surface area contributed by atoms with Gasteiger partial charge in [-0.1, -0.05) is 12.1 Å². The van der Waals surface area contributed by atoms with Crippen LogP contribution in [0.2, 0.25) is 0 Å². The molecule has 0 radical (unpaired) electrons. The fraction of sp³-hybridized carbons (Fsp3) is 0.429. The quantitative estimate of drug-likeness (QED) is 0.575. The highest BCUT2D eigenvalue weighted by molar-refractivity contribution is 7.89. The number of pyridine rings is 1. The first-order valence-electron chi connectivity index (χ1n) is 10.7. The molecule has 2 aliphatic rings. The summed E-state index contributed by atoms with van der Waals surface area (Å²) in [6, 6.07) is 10.6. The van der Waals surface area contributed by atoms with Crippen LogP contribution in [0.4, 0.5) is 0 Å². The Morgan fingerprint density at radius 3 is 2.12 bits per heavy atom. The van der Waals surface area contributed by atoms with Crippen LogP contribution in [-0.4, -0.2) is 74.2 Å². The fourth-order valence-electron chi connectivity index (χ4n) is 4.10. The topological polar surface area (TPSA) is 124 Å². The summed E-state index contributed by atoms with van der Waals surface area (Å²) in [6.45, 7) is 2.24. The van der Waals surface area contributed by atoms with Crippen molar-refractivity contribution in [3.8, 4) is 6.07 Å². The lowest BCUT2D eigenvalue weighted by Gasteiger charge is -2.34. The van der Waals surface area contributed by atoms with Gasteiger partial charge in [-0.25, -0.2) is 16.8 Å². The van der Waals surface area contributed by atoms with Crippen molar-refractivity contribution < 1.29 is 16.8 Å². The van der Waals surface area contributed by atoms with Gasteiger partial charge in [-0.15, -0.1) is 0 Å². The first kappa shape index (κ1) is 23.6. The van der Waals surface area contributed by atoms with Crippen molar-refractivity contribution in [2.24, 2.45) is 0 Å². The maximum atomic E-state index is 13.0. The van der Waals surface area contributed by atoms with E-state index < -0.39 is 20.0 Å². The van der Waals surface area contributed by atoms with Crippen LogP contribution in [0.25, 0.3) is 0 Å². The summed E-state index contributed by atoms with van der Waals surface area (Å²) < 4.78 is 55.8. The monoisotopic (exact) mass is 491 g/mol. The Kier molecular flexibility index (Phi) is 6.69. The predicted octanol–water partition coefficient (Wildman–Crippen LogP) is 0.468. The maximum absolute atomic E-state index is 13.0. The van der Waals surface area contributed by atoms with Crippen LogP contribution in [0.15, 0.2) is 57.2 Å². The Hall–Kier alpha value is -2.56. The van der Waals surface area contributed by atoms with Crippen LogP contribution in [0.1, 0.15) is 18.4 Å². The second kappa shape index (κ2) is 9.36. The van der Waals surface area contributed by atoms with Crippen molar-refractivity contribution in [1.29, 1.82) is 5.26 Å². The zero-order chi connectivity index (χ0) is 23.6. The van der Waals surface area contributed by atoms with E-state index in [1.807, 2.05) is 11.0 Å². The summed E-state index contributed by atoms with van der Waals surface area (Å²) in [5.74, 6) is 0. The molecule has 3 heterocycles. The van der Waals surface area contributed by atoms with Crippen LogP contribution in [0, 0.1) is 11.3 Å². The Morgan fingerprint density at radius 1 is 0.818 bits per heavy atom. The van der Waals surface area contributed by atoms with E-state index in [1.165, 1.54) is 43.6 Å². The molecular weight excluding hydrogens is 466 g/mol. The molecule has 4 rings (SSSR count). The van der Waals surface area contributed by atoms with Crippen LogP contribution in [-0.2, 0) is 26.7 Å². The molecule has 10 nitrogen and oxygen atoms in total. The molecule has 0 bridgehead atoms. The summed E-state index contributed by atoms with van der Waals surface area (Å²) in [7, 11) is -7.46. The third kappa shape index (κ3) is 4.73. The Labute approximate surface area is 193 Å². The molecule has 0 N–H and O–H groups in total. The number of sulfonamides is 2. The molecule has 2 saturated heterocycles. The summed E-state index contributed by atoms with van der Waals surface area (Å²) >= 11 is 0. The minimum absolute atomic E-state index is 0.0167. The Morgan fingerprint density at radius 2 is 1.45 bits per heavy atom. The van der Waals surface area contributed by atoms with Crippen molar-refractivity contribution in [3.63, 3.8) is 0 Å². The molecule has 0 spiro atoms. The van der Waals surface area contributed by atoms with Crippen molar-refractivity contribution >= 4 is 20.0 Å². The first-order valence-corrected chi connectivity index (χ1v) is 13.5. The lowest BCUT2D eigenvalue weighted by Crippen LogP contribution is -2.49. The van der Waals surface area contributed by atoms with Gasteiger partial charge in [0, 0.05) is 51.5 Å². The van der Waals surface area contributed by atoms with Crippen LogP contribution in [0.3, 0.4) is 0 Å². The van der Waals surface area contributed by atoms with E-state index in [1.54, 1.807) is 12.1 Å². The molecule has 12 heteroatoms. The highest BCUT2D eigenvalue weighted by Gasteiger charge is 2.31. The number of hydrogen-bond donors (Lipinski definition) is 0. The Bertz CT molecular complexity index is 1330. The second-order valence-corrected chi connectivity index (χ2v) is 11.9. The molecule has 0 amide bonds. The van der Waals surface area contributed by atoms with E-state index in [4.69, 9.17) is 0 Å². The van der Waals surface area contributed by atoms with Crippen LogP contribution in [0.5, 0.6) is 0 Å². The molecule has 2 fully saturated rings.